The predicted octanol–water partition coefficient (Wildman–Crippen LogP) is 7.38. The largest absolute Gasteiger partial charge is 0.379 e. The maximum atomic E-state index is 6.21. The number of rotatable bonds is 23. The van der Waals surface area contributed by atoms with Gasteiger partial charge in [-0.2, -0.15) is 0 Å². The van der Waals surface area contributed by atoms with Crippen LogP contribution in [0.3, 0.4) is 0 Å². The molecule has 176 valence electrons. The van der Waals surface area contributed by atoms with Crippen LogP contribution in [0.5, 0.6) is 0 Å². The Labute approximate surface area is 184 Å². The van der Waals surface area contributed by atoms with E-state index in [2.05, 4.69) is 35.0 Å². The van der Waals surface area contributed by atoms with Crippen molar-refractivity contribution >= 4 is 0 Å². The van der Waals surface area contributed by atoms with Crippen molar-refractivity contribution in [3.8, 4) is 0 Å². The second kappa shape index (κ2) is 21.1. The van der Waals surface area contributed by atoms with Crippen LogP contribution >= 0.6 is 0 Å². The lowest BCUT2D eigenvalue weighted by molar-refractivity contribution is -0.873. The van der Waals surface area contributed by atoms with Gasteiger partial charge >= 0.3 is 0 Å². The van der Waals surface area contributed by atoms with Crippen LogP contribution in [0.4, 0.5) is 0 Å². The van der Waals surface area contributed by atoms with E-state index in [-0.39, 0.29) is 6.10 Å². The van der Waals surface area contributed by atoms with Crippen LogP contribution in [0.25, 0.3) is 0 Å². The molecule has 0 aromatic carbocycles. The third-order valence-corrected chi connectivity index (χ3v) is 5.55. The van der Waals surface area contributed by atoms with Gasteiger partial charge < -0.3 is 14.0 Å². The number of quaternary nitrogens is 1. The summed E-state index contributed by atoms with van der Waals surface area (Å²) in [5.41, 5.74) is 0. The summed E-state index contributed by atoms with van der Waals surface area (Å²) in [6.07, 6.45) is 21.9. The van der Waals surface area contributed by atoms with Gasteiger partial charge in [0.15, 0.2) is 0 Å². The molecule has 0 saturated carbocycles. The van der Waals surface area contributed by atoms with Crippen molar-refractivity contribution in [2.24, 2.45) is 0 Å². The summed E-state index contributed by atoms with van der Waals surface area (Å²) in [4.78, 5) is 0. The van der Waals surface area contributed by atoms with Gasteiger partial charge in [-0.3, -0.25) is 0 Å². The van der Waals surface area contributed by atoms with Crippen LogP contribution in [0.1, 0.15) is 117 Å². The van der Waals surface area contributed by atoms with Gasteiger partial charge in [-0.1, -0.05) is 104 Å². The predicted molar refractivity (Wildman–Crippen MR) is 129 cm³/mol. The monoisotopic (exact) mass is 414 g/mol. The number of ether oxygens (including phenoxy) is 2. The molecule has 0 aliphatic carbocycles. The lowest BCUT2D eigenvalue weighted by Crippen LogP contribution is -2.44. The Bertz CT molecular complexity index is 314. The molecular formula is C26H56NO2+. The molecule has 0 aromatic heterocycles. The molecule has 0 aliphatic heterocycles. The number of unbranched alkanes of at least 4 members (excludes halogenated alkanes) is 14. The highest BCUT2D eigenvalue weighted by Crippen LogP contribution is 2.11. The fraction of sp³-hybridized carbons (Fsp3) is 1.00. The van der Waals surface area contributed by atoms with E-state index < -0.39 is 0 Å². The molecule has 0 aliphatic rings. The van der Waals surface area contributed by atoms with Crippen LogP contribution in [-0.4, -0.2) is 58.1 Å². The topological polar surface area (TPSA) is 18.5 Å². The van der Waals surface area contributed by atoms with E-state index in [1.54, 1.807) is 0 Å². The van der Waals surface area contributed by atoms with Gasteiger partial charge in [-0.05, 0) is 12.8 Å². The summed E-state index contributed by atoms with van der Waals surface area (Å²) in [5.74, 6) is 0. The van der Waals surface area contributed by atoms with E-state index in [1.165, 1.54) is 103 Å². The fourth-order valence-electron chi connectivity index (χ4n) is 3.80. The minimum absolute atomic E-state index is 0.230. The average Bonchev–Trinajstić information content (AvgIpc) is 2.66. The molecule has 3 heteroatoms. The molecule has 0 spiro atoms. The van der Waals surface area contributed by atoms with Gasteiger partial charge in [0.1, 0.15) is 12.6 Å². The Morgan fingerprint density at radius 2 is 0.966 bits per heavy atom. The first-order valence-corrected chi connectivity index (χ1v) is 13.0. The van der Waals surface area contributed by atoms with Crippen molar-refractivity contribution in [1.29, 1.82) is 0 Å². The molecule has 0 bridgehead atoms. The number of hydrogen-bond acceptors (Lipinski definition) is 2. The molecule has 0 saturated heterocycles. The zero-order valence-electron chi connectivity index (χ0n) is 21.0. The average molecular weight is 415 g/mol. The standard InChI is InChI=1S/C26H56NO2/c1-6-8-10-12-14-16-18-20-22-28-25-26(24-27(3,4)5)29-23-21-19-17-15-13-11-9-7-2/h26H,6-25H2,1-5H3/q+1. The van der Waals surface area contributed by atoms with Crippen LogP contribution in [-0.2, 0) is 9.47 Å². The Hall–Kier alpha value is -0.120. The molecule has 0 radical (unpaired) electrons. The van der Waals surface area contributed by atoms with Gasteiger partial charge in [-0.25, -0.2) is 0 Å². The Balaban J connectivity index is 3.70. The van der Waals surface area contributed by atoms with E-state index >= 15 is 0 Å². The summed E-state index contributed by atoms with van der Waals surface area (Å²) in [5, 5.41) is 0. The smallest absolute Gasteiger partial charge is 0.130 e. The Morgan fingerprint density at radius 1 is 0.552 bits per heavy atom. The molecule has 0 aromatic rings. The quantitative estimate of drug-likeness (QED) is 0.128. The zero-order chi connectivity index (χ0) is 21.6. The first kappa shape index (κ1) is 28.9. The molecule has 0 amide bonds. The van der Waals surface area contributed by atoms with Crippen LogP contribution in [0.2, 0.25) is 0 Å². The maximum absolute atomic E-state index is 6.21. The lowest BCUT2D eigenvalue weighted by atomic mass is 10.1. The lowest BCUT2D eigenvalue weighted by Gasteiger charge is -2.29. The maximum Gasteiger partial charge on any atom is 0.130 e. The van der Waals surface area contributed by atoms with E-state index in [0.29, 0.717) is 0 Å². The van der Waals surface area contributed by atoms with Crippen LogP contribution < -0.4 is 0 Å². The number of likely N-dealkylation sites (N-methyl/N-ethyl adjacent to an activating group) is 1. The minimum Gasteiger partial charge on any atom is -0.379 e. The van der Waals surface area contributed by atoms with Crippen molar-refractivity contribution in [1.82, 2.24) is 0 Å². The molecule has 0 N–H and O–H groups in total. The SMILES string of the molecule is CCCCCCCCCCOCC(C[N+](C)(C)C)OCCCCCCCCCC. The van der Waals surface area contributed by atoms with Crippen molar-refractivity contribution in [2.45, 2.75) is 123 Å². The van der Waals surface area contributed by atoms with Gasteiger partial charge in [0.05, 0.1) is 27.7 Å². The second-order valence-corrected chi connectivity index (χ2v) is 9.99. The highest BCUT2D eigenvalue weighted by Gasteiger charge is 2.18. The minimum atomic E-state index is 0.230. The van der Waals surface area contributed by atoms with Crippen LogP contribution in [0.15, 0.2) is 0 Å². The summed E-state index contributed by atoms with van der Waals surface area (Å²) >= 11 is 0. The molecule has 1 unspecified atom stereocenters. The van der Waals surface area contributed by atoms with E-state index in [9.17, 15) is 0 Å². The van der Waals surface area contributed by atoms with Gasteiger partial charge in [-0.15, -0.1) is 0 Å². The highest BCUT2D eigenvalue weighted by molar-refractivity contribution is 4.57. The summed E-state index contributed by atoms with van der Waals surface area (Å²) in [7, 11) is 6.72. The molecule has 0 rings (SSSR count). The van der Waals surface area contributed by atoms with E-state index in [0.717, 1.165) is 30.8 Å². The second-order valence-electron chi connectivity index (χ2n) is 9.99. The molecule has 3 nitrogen and oxygen atoms in total. The zero-order valence-corrected chi connectivity index (χ0v) is 21.0. The Kier molecular flexibility index (Phi) is 21.0. The van der Waals surface area contributed by atoms with Crippen molar-refractivity contribution in [3.05, 3.63) is 0 Å². The van der Waals surface area contributed by atoms with Crippen molar-refractivity contribution < 1.29 is 14.0 Å². The normalized spacial score (nSPS) is 13.1. The third kappa shape index (κ3) is 24.0. The van der Waals surface area contributed by atoms with Crippen molar-refractivity contribution in [2.75, 3.05) is 47.5 Å². The van der Waals surface area contributed by atoms with E-state index in [4.69, 9.17) is 9.47 Å². The van der Waals surface area contributed by atoms with Gasteiger partial charge in [0.25, 0.3) is 0 Å². The summed E-state index contributed by atoms with van der Waals surface area (Å²) in [6.45, 7) is 8.12. The van der Waals surface area contributed by atoms with Gasteiger partial charge in [0.2, 0.25) is 0 Å². The molecule has 1 atom stereocenters. The molecular weight excluding hydrogens is 358 g/mol. The van der Waals surface area contributed by atoms with Crippen molar-refractivity contribution in [3.63, 3.8) is 0 Å². The van der Waals surface area contributed by atoms with Crippen LogP contribution in [0, 0.1) is 0 Å². The third-order valence-electron chi connectivity index (χ3n) is 5.55. The Morgan fingerprint density at radius 3 is 1.41 bits per heavy atom. The van der Waals surface area contributed by atoms with E-state index in [1.807, 2.05) is 0 Å². The van der Waals surface area contributed by atoms with Gasteiger partial charge in [0, 0.05) is 13.2 Å². The molecule has 29 heavy (non-hydrogen) atoms. The summed E-state index contributed by atoms with van der Waals surface area (Å²) < 4.78 is 13.1. The first-order chi connectivity index (χ1) is 14.0. The number of hydrogen-bond donors (Lipinski definition) is 0. The molecule has 0 fully saturated rings. The number of nitrogens with zero attached hydrogens (tertiary/aromatic N) is 1. The summed E-state index contributed by atoms with van der Waals surface area (Å²) in [6, 6.07) is 0. The first-order valence-electron chi connectivity index (χ1n) is 13.0. The highest BCUT2D eigenvalue weighted by atomic mass is 16.5. The molecule has 0 heterocycles. The fourth-order valence-corrected chi connectivity index (χ4v) is 3.80.